The van der Waals surface area contributed by atoms with Crippen molar-refractivity contribution in [3.63, 3.8) is 0 Å². The predicted molar refractivity (Wildman–Crippen MR) is 93.6 cm³/mol. The maximum Gasteiger partial charge on any atom is 0.277 e. The summed E-state index contributed by atoms with van der Waals surface area (Å²) in [6.07, 6.45) is 1.45. The normalized spacial score (nSPS) is 10.8. The molecule has 1 amide bonds. The molecule has 2 aromatic rings. The Kier molecular flexibility index (Phi) is 6.02. The van der Waals surface area contributed by atoms with Crippen molar-refractivity contribution in [2.24, 2.45) is 5.10 Å². The van der Waals surface area contributed by atoms with E-state index >= 15 is 0 Å². The Morgan fingerprint density at radius 2 is 1.96 bits per heavy atom. The van der Waals surface area contributed by atoms with Gasteiger partial charge in [-0.2, -0.15) is 5.10 Å². The van der Waals surface area contributed by atoms with Crippen LogP contribution in [-0.4, -0.2) is 18.7 Å². The molecule has 1 N–H and O–H groups in total. The van der Waals surface area contributed by atoms with Crippen molar-refractivity contribution in [2.45, 2.75) is 13.8 Å². The lowest BCUT2D eigenvalue weighted by atomic mass is 10.1. The van der Waals surface area contributed by atoms with E-state index in [0.29, 0.717) is 21.4 Å². The fourth-order valence-corrected chi connectivity index (χ4v) is 2.22. The highest BCUT2D eigenvalue weighted by Crippen LogP contribution is 2.19. The molecule has 0 saturated carbocycles. The molecule has 23 heavy (non-hydrogen) atoms. The van der Waals surface area contributed by atoms with Gasteiger partial charge in [-0.25, -0.2) is 5.43 Å². The summed E-state index contributed by atoms with van der Waals surface area (Å²) in [5.74, 6) is 0.289. The van der Waals surface area contributed by atoms with E-state index in [0.717, 1.165) is 5.56 Å². The first-order valence-electron chi connectivity index (χ1n) is 6.92. The SMILES string of the molecule is Cc1ccc(OCC(=O)NN=Cc2ccc(Cl)cc2Cl)cc1C. The highest BCUT2D eigenvalue weighted by molar-refractivity contribution is 6.36. The average molecular weight is 351 g/mol. The Morgan fingerprint density at radius 3 is 2.65 bits per heavy atom. The van der Waals surface area contributed by atoms with Crippen LogP contribution in [0.1, 0.15) is 16.7 Å². The first-order chi connectivity index (χ1) is 11.0. The number of nitrogens with zero attached hydrogens (tertiary/aromatic N) is 1. The van der Waals surface area contributed by atoms with Gasteiger partial charge in [-0.3, -0.25) is 4.79 Å². The number of halogens is 2. The zero-order chi connectivity index (χ0) is 16.8. The van der Waals surface area contributed by atoms with Crippen LogP contribution in [0.2, 0.25) is 10.0 Å². The van der Waals surface area contributed by atoms with Gasteiger partial charge in [0.15, 0.2) is 6.61 Å². The number of carbonyl (C=O) groups is 1. The monoisotopic (exact) mass is 350 g/mol. The number of hydrogen-bond donors (Lipinski definition) is 1. The topological polar surface area (TPSA) is 50.7 Å². The average Bonchev–Trinajstić information content (AvgIpc) is 2.50. The first kappa shape index (κ1) is 17.3. The number of ether oxygens (including phenoxy) is 1. The van der Waals surface area contributed by atoms with Crippen LogP contribution in [0.3, 0.4) is 0 Å². The van der Waals surface area contributed by atoms with Gasteiger partial charge < -0.3 is 4.74 Å². The van der Waals surface area contributed by atoms with Crippen molar-refractivity contribution >= 4 is 35.3 Å². The maximum absolute atomic E-state index is 11.7. The fourth-order valence-electron chi connectivity index (χ4n) is 1.76. The fraction of sp³-hybridized carbons (Fsp3) is 0.176. The van der Waals surface area contributed by atoms with Crippen molar-refractivity contribution in [1.29, 1.82) is 0 Å². The van der Waals surface area contributed by atoms with E-state index in [4.69, 9.17) is 27.9 Å². The summed E-state index contributed by atoms with van der Waals surface area (Å²) in [6, 6.07) is 10.7. The number of amides is 1. The van der Waals surface area contributed by atoms with Gasteiger partial charge >= 0.3 is 0 Å². The minimum absolute atomic E-state index is 0.117. The van der Waals surface area contributed by atoms with Gasteiger partial charge in [0.2, 0.25) is 0 Å². The lowest BCUT2D eigenvalue weighted by Crippen LogP contribution is -2.24. The highest BCUT2D eigenvalue weighted by Gasteiger charge is 2.03. The van der Waals surface area contributed by atoms with Crippen LogP contribution in [-0.2, 0) is 4.79 Å². The highest BCUT2D eigenvalue weighted by atomic mass is 35.5. The Bertz CT molecular complexity index is 745. The second-order valence-corrected chi connectivity index (χ2v) is 5.84. The number of nitrogens with one attached hydrogen (secondary N) is 1. The third-order valence-electron chi connectivity index (χ3n) is 3.20. The van der Waals surface area contributed by atoms with Gasteiger partial charge in [-0.15, -0.1) is 0 Å². The van der Waals surface area contributed by atoms with Gasteiger partial charge in [-0.1, -0.05) is 35.3 Å². The van der Waals surface area contributed by atoms with Crippen LogP contribution in [0.5, 0.6) is 5.75 Å². The Labute approximate surface area is 145 Å². The number of aryl methyl sites for hydroxylation is 2. The summed E-state index contributed by atoms with van der Waals surface area (Å²) >= 11 is 11.8. The molecule has 0 aromatic heterocycles. The van der Waals surface area contributed by atoms with E-state index in [2.05, 4.69) is 10.5 Å². The lowest BCUT2D eigenvalue weighted by Gasteiger charge is -2.07. The number of benzene rings is 2. The predicted octanol–water partition coefficient (Wildman–Crippen LogP) is 4.14. The molecule has 0 heterocycles. The Balaban J connectivity index is 1.85. The second-order valence-electron chi connectivity index (χ2n) is 4.99. The minimum atomic E-state index is -0.357. The molecule has 120 valence electrons. The van der Waals surface area contributed by atoms with Gasteiger partial charge in [0.25, 0.3) is 5.91 Å². The van der Waals surface area contributed by atoms with E-state index in [1.807, 2.05) is 32.0 Å². The van der Waals surface area contributed by atoms with E-state index in [9.17, 15) is 4.79 Å². The zero-order valence-electron chi connectivity index (χ0n) is 12.8. The second kappa shape index (κ2) is 7.99. The Morgan fingerprint density at radius 1 is 1.17 bits per heavy atom. The molecule has 2 aromatic carbocycles. The molecule has 0 unspecified atom stereocenters. The molecule has 0 saturated heterocycles. The van der Waals surface area contributed by atoms with Gasteiger partial charge in [0.1, 0.15) is 5.75 Å². The summed E-state index contributed by atoms with van der Waals surface area (Å²) in [6.45, 7) is 3.89. The van der Waals surface area contributed by atoms with E-state index in [1.54, 1.807) is 18.2 Å². The Hall–Kier alpha value is -2.04. The van der Waals surface area contributed by atoms with Gasteiger partial charge in [-0.05, 0) is 49.2 Å². The van der Waals surface area contributed by atoms with Gasteiger partial charge in [0.05, 0.1) is 11.2 Å². The maximum atomic E-state index is 11.7. The summed E-state index contributed by atoms with van der Waals surface area (Å²) in [7, 11) is 0. The van der Waals surface area contributed by atoms with Crippen molar-refractivity contribution in [1.82, 2.24) is 5.43 Å². The molecule has 6 heteroatoms. The van der Waals surface area contributed by atoms with E-state index < -0.39 is 0 Å². The molecule has 2 rings (SSSR count). The third kappa shape index (κ3) is 5.27. The first-order valence-corrected chi connectivity index (χ1v) is 7.68. The number of rotatable bonds is 5. The van der Waals surface area contributed by atoms with Crippen LogP contribution in [0, 0.1) is 13.8 Å². The van der Waals surface area contributed by atoms with Crippen molar-refractivity contribution in [3.8, 4) is 5.75 Å². The molecule has 0 atom stereocenters. The quantitative estimate of drug-likeness (QED) is 0.650. The zero-order valence-corrected chi connectivity index (χ0v) is 14.3. The molecule has 0 aliphatic rings. The third-order valence-corrected chi connectivity index (χ3v) is 3.77. The van der Waals surface area contributed by atoms with Crippen molar-refractivity contribution < 1.29 is 9.53 Å². The van der Waals surface area contributed by atoms with E-state index in [1.165, 1.54) is 11.8 Å². The molecular formula is C17H16Cl2N2O2. The van der Waals surface area contributed by atoms with Crippen LogP contribution < -0.4 is 10.2 Å². The smallest absolute Gasteiger partial charge is 0.277 e. The van der Waals surface area contributed by atoms with Crippen LogP contribution in [0.15, 0.2) is 41.5 Å². The van der Waals surface area contributed by atoms with Crippen molar-refractivity contribution in [2.75, 3.05) is 6.61 Å². The lowest BCUT2D eigenvalue weighted by molar-refractivity contribution is -0.123. The standard InChI is InChI=1S/C17H16Cl2N2O2/c1-11-3-6-15(7-12(11)2)23-10-17(22)21-20-9-13-4-5-14(18)8-16(13)19/h3-9H,10H2,1-2H3,(H,21,22). The minimum Gasteiger partial charge on any atom is -0.484 e. The molecule has 4 nitrogen and oxygen atoms in total. The molecule has 0 aliphatic carbocycles. The van der Waals surface area contributed by atoms with Crippen LogP contribution in [0.4, 0.5) is 0 Å². The van der Waals surface area contributed by atoms with Gasteiger partial charge in [0, 0.05) is 10.6 Å². The van der Waals surface area contributed by atoms with E-state index in [-0.39, 0.29) is 12.5 Å². The summed E-state index contributed by atoms with van der Waals surface area (Å²) < 4.78 is 5.42. The number of hydrazone groups is 1. The molecule has 0 aliphatic heterocycles. The largest absolute Gasteiger partial charge is 0.484 e. The van der Waals surface area contributed by atoms with Crippen LogP contribution in [0.25, 0.3) is 0 Å². The molecule has 0 fully saturated rings. The summed E-state index contributed by atoms with van der Waals surface area (Å²) in [5, 5.41) is 4.84. The number of hydrogen-bond acceptors (Lipinski definition) is 3. The van der Waals surface area contributed by atoms with Crippen molar-refractivity contribution in [3.05, 3.63) is 63.1 Å². The molecule has 0 radical (unpaired) electrons. The van der Waals surface area contributed by atoms with Crippen LogP contribution >= 0.6 is 23.2 Å². The summed E-state index contributed by atoms with van der Waals surface area (Å²) in [5.41, 5.74) is 5.32. The molecule has 0 spiro atoms. The molecular weight excluding hydrogens is 335 g/mol. The summed E-state index contributed by atoms with van der Waals surface area (Å²) in [4.78, 5) is 11.7. The number of carbonyl (C=O) groups excluding carboxylic acids is 1. The molecule has 0 bridgehead atoms.